The average Bonchev–Trinajstić information content (AvgIpc) is 2.67. The molecule has 2 aromatic carbocycles. The molecule has 0 bridgehead atoms. The Morgan fingerprint density at radius 1 is 0.926 bits per heavy atom. The molecule has 0 spiro atoms. The van der Waals surface area contributed by atoms with Crippen LogP contribution in [0.15, 0.2) is 42.5 Å². The molecule has 0 aliphatic rings. The van der Waals surface area contributed by atoms with Crippen LogP contribution in [0, 0.1) is 0 Å². The SMILES string of the molecule is COc1ccc(C(=O)O[C@@H](C)C(=O)Nc2ccc(C(N)=O)cc2)cc1OC. The van der Waals surface area contributed by atoms with Gasteiger partial charge in [0.1, 0.15) is 0 Å². The summed E-state index contributed by atoms with van der Waals surface area (Å²) in [5, 5.41) is 2.59. The molecule has 1 atom stereocenters. The highest BCUT2D eigenvalue weighted by atomic mass is 16.5. The lowest BCUT2D eigenvalue weighted by atomic mass is 10.2. The van der Waals surface area contributed by atoms with E-state index in [1.807, 2.05) is 0 Å². The third-order valence-electron chi connectivity index (χ3n) is 3.71. The van der Waals surface area contributed by atoms with E-state index in [9.17, 15) is 14.4 Å². The van der Waals surface area contributed by atoms with Crippen molar-refractivity contribution in [2.45, 2.75) is 13.0 Å². The first-order valence-corrected chi connectivity index (χ1v) is 7.99. The first-order valence-electron chi connectivity index (χ1n) is 7.99. The van der Waals surface area contributed by atoms with E-state index < -0.39 is 23.9 Å². The molecule has 0 fully saturated rings. The van der Waals surface area contributed by atoms with Crippen molar-refractivity contribution in [2.75, 3.05) is 19.5 Å². The number of anilines is 1. The Morgan fingerprint density at radius 2 is 1.52 bits per heavy atom. The van der Waals surface area contributed by atoms with E-state index in [0.717, 1.165) is 0 Å². The van der Waals surface area contributed by atoms with Crippen LogP contribution >= 0.6 is 0 Å². The second-order valence-electron chi connectivity index (χ2n) is 5.55. The largest absolute Gasteiger partial charge is 0.493 e. The van der Waals surface area contributed by atoms with Crippen molar-refractivity contribution in [3.8, 4) is 11.5 Å². The number of hydrogen-bond donors (Lipinski definition) is 2. The van der Waals surface area contributed by atoms with Gasteiger partial charge in [0.2, 0.25) is 5.91 Å². The van der Waals surface area contributed by atoms with Crippen molar-refractivity contribution in [1.29, 1.82) is 0 Å². The number of esters is 1. The summed E-state index contributed by atoms with van der Waals surface area (Å²) in [7, 11) is 2.94. The van der Waals surface area contributed by atoms with Gasteiger partial charge in [-0.1, -0.05) is 0 Å². The van der Waals surface area contributed by atoms with Gasteiger partial charge in [0.05, 0.1) is 19.8 Å². The monoisotopic (exact) mass is 372 g/mol. The van der Waals surface area contributed by atoms with Crippen LogP contribution in [0.25, 0.3) is 0 Å². The quantitative estimate of drug-likeness (QED) is 0.718. The zero-order valence-corrected chi connectivity index (χ0v) is 15.1. The van der Waals surface area contributed by atoms with Crippen LogP contribution in [-0.4, -0.2) is 38.1 Å². The van der Waals surface area contributed by atoms with Crippen LogP contribution in [0.2, 0.25) is 0 Å². The van der Waals surface area contributed by atoms with Crippen LogP contribution < -0.4 is 20.5 Å². The zero-order valence-electron chi connectivity index (χ0n) is 15.1. The maximum atomic E-state index is 12.2. The Morgan fingerprint density at radius 3 is 2.07 bits per heavy atom. The zero-order chi connectivity index (χ0) is 20.0. The smallest absolute Gasteiger partial charge is 0.339 e. The van der Waals surface area contributed by atoms with Crippen LogP contribution in [-0.2, 0) is 9.53 Å². The molecule has 27 heavy (non-hydrogen) atoms. The molecule has 142 valence electrons. The van der Waals surface area contributed by atoms with Crippen LogP contribution in [0.4, 0.5) is 5.69 Å². The molecule has 2 rings (SSSR count). The van der Waals surface area contributed by atoms with Gasteiger partial charge in [0, 0.05) is 11.3 Å². The minimum atomic E-state index is -1.04. The molecule has 0 saturated heterocycles. The summed E-state index contributed by atoms with van der Waals surface area (Å²) in [6, 6.07) is 10.6. The number of carbonyl (C=O) groups excluding carboxylic acids is 3. The Bertz CT molecular complexity index is 848. The van der Waals surface area contributed by atoms with E-state index in [0.29, 0.717) is 22.7 Å². The van der Waals surface area contributed by atoms with Crippen LogP contribution in [0.5, 0.6) is 11.5 Å². The fourth-order valence-corrected chi connectivity index (χ4v) is 2.21. The van der Waals surface area contributed by atoms with Crippen molar-refractivity contribution in [3.05, 3.63) is 53.6 Å². The Hall–Kier alpha value is -3.55. The highest BCUT2D eigenvalue weighted by Gasteiger charge is 2.20. The van der Waals surface area contributed by atoms with Gasteiger partial charge in [-0.3, -0.25) is 9.59 Å². The number of rotatable bonds is 7. The van der Waals surface area contributed by atoms with Gasteiger partial charge in [-0.05, 0) is 49.4 Å². The molecule has 0 aromatic heterocycles. The fraction of sp³-hybridized carbons (Fsp3) is 0.211. The number of nitrogens with one attached hydrogen (secondary N) is 1. The number of ether oxygens (including phenoxy) is 3. The maximum absolute atomic E-state index is 12.2. The lowest BCUT2D eigenvalue weighted by molar-refractivity contribution is -0.123. The van der Waals surface area contributed by atoms with E-state index in [1.54, 1.807) is 6.07 Å². The number of hydrogen-bond acceptors (Lipinski definition) is 6. The molecule has 2 aromatic rings. The summed E-state index contributed by atoms with van der Waals surface area (Å²) in [5.41, 5.74) is 6.15. The lowest BCUT2D eigenvalue weighted by Crippen LogP contribution is -2.30. The summed E-state index contributed by atoms with van der Waals surface area (Å²) in [6.07, 6.45) is -1.04. The summed E-state index contributed by atoms with van der Waals surface area (Å²) >= 11 is 0. The third kappa shape index (κ3) is 4.97. The molecule has 0 aliphatic carbocycles. The van der Waals surface area contributed by atoms with E-state index in [4.69, 9.17) is 19.9 Å². The maximum Gasteiger partial charge on any atom is 0.339 e. The number of carbonyl (C=O) groups is 3. The molecule has 3 N–H and O–H groups in total. The molecule has 0 unspecified atom stereocenters. The summed E-state index contributed by atoms with van der Waals surface area (Å²) in [5.74, 6) is -0.915. The van der Waals surface area contributed by atoms with Crippen molar-refractivity contribution in [1.82, 2.24) is 0 Å². The predicted octanol–water partition coefficient (Wildman–Crippen LogP) is 1.99. The molecule has 8 nitrogen and oxygen atoms in total. The van der Waals surface area contributed by atoms with E-state index >= 15 is 0 Å². The van der Waals surface area contributed by atoms with Crippen molar-refractivity contribution in [2.24, 2.45) is 5.73 Å². The molecular formula is C19H20N2O6. The number of amides is 2. The molecule has 2 amide bonds. The standard InChI is InChI=1S/C19H20N2O6/c1-11(18(23)21-14-7-4-12(5-8-14)17(20)22)27-19(24)13-6-9-15(25-2)16(10-13)26-3/h4-11H,1-3H3,(H2,20,22)(H,21,23)/t11-/m0/s1. The predicted molar refractivity (Wildman–Crippen MR) is 98.0 cm³/mol. The molecule has 0 aliphatic heterocycles. The van der Waals surface area contributed by atoms with Gasteiger partial charge < -0.3 is 25.3 Å². The second-order valence-corrected chi connectivity index (χ2v) is 5.55. The lowest BCUT2D eigenvalue weighted by Gasteiger charge is -2.14. The van der Waals surface area contributed by atoms with Gasteiger partial charge in [-0.2, -0.15) is 0 Å². The first-order chi connectivity index (χ1) is 12.8. The highest BCUT2D eigenvalue weighted by Crippen LogP contribution is 2.28. The highest BCUT2D eigenvalue weighted by molar-refractivity contribution is 5.98. The minimum Gasteiger partial charge on any atom is -0.493 e. The normalized spacial score (nSPS) is 11.2. The Labute approximate surface area is 156 Å². The third-order valence-corrected chi connectivity index (χ3v) is 3.71. The molecule has 0 heterocycles. The van der Waals surface area contributed by atoms with Gasteiger partial charge in [-0.15, -0.1) is 0 Å². The Balaban J connectivity index is 2.01. The van der Waals surface area contributed by atoms with Crippen LogP contribution in [0.1, 0.15) is 27.6 Å². The molecule has 8 heteroatoms. The van der Waals surface area contributed by atoms with Gasteiger partial charge in [0.25, 0.3) is 5.91 Å². The minimum absolute atomic E-state index is 0.220. The van der Waals surface area contributed by atoms with E-state index in [1.165, 1.54) is 57.5 Å². The molecule has 0 saturated carbocycles. The van der Waals surface area contributed by atoms with E-state index in [2.05, 4.69) is 5.32 Å². The van der Waals surface area contributed by atoms with Crippen molar-refractivity contribution < 1.29 is 28.6 Å². The van der Waals surface area contributed by atoms with Crippen molar-refractivity contribution in [3.63, 3.8) is 0 Å². The number of primary amides is 1. The number of benzene rings is 2. The number of methoxy groups -OCH3 is 2. The van der Waals surface area contributed by atoms with E-state index in [-0.39, 0.29) is 5.56 Å². The Kier molecular flexibility index (Phi) is 6.37. The van der Waals surface area contributed by atoms with Gasteiger partial charge in [-0.25, -0.2) is 4.79 Å². The van der Waals surface area contributed by atoms with Crippen molar-refractivity contribution >= 4 is 23.5 Å². The van der Waals surface area contributed by atoms with Gasteiger partial charge >= 0.3 is 5.97 Å². The average molecular weight is 372 g/mol. The second kappa shape index (κ2) is 8.70. The molecule has 0 radical (unpaired) electrons. The summed E-state index contributed by atoms with van der Waals surface area (Å²) in [4.78, 5) is 35.5. The van der Waals surface area contributed by atoms with Gasteiger partial charge in [0.15, 0.2) is 17.6 Å². The van der Waals surface area contributed by atoms with Crippen LogP contribution in [0.3, 0.4) is 0 Å². The summed E-state index contributed by atoms with van der Waals surface area (Å²) in [6.45, 7) is 1.45. The fourth-order valence-electron chi connectivity index (χ4n) is 2.21. The number of nitrogens with two attached hydrogens (primary N) is 1. The molecular weight excluding hydrogens is 352 g/mol. The summed E-state index contributed by atoms with van der Waals surface area (Å²) < 4.78 is 15.4. The first kappa shape index (κ1) is 19.8. The topological polar surface area (TPSA) is 117 Å².